The SMILES string of the molecule is COCCSc1nnc(COc2ccc(OC)cc2)n1-c1ccc(C)c(Cl)c1. The highest BCUT2D eigenvalue weighted by Crippen LogP contribution is 2.26. The molecule has 0 saturated carbocycles. The van der Waals surface area contributed by atoms with Gasteiger partial charge in [0.2, 0.25) is 0 Å². The third kappa shape index (κ3) is 4.98. The number of hydrogen-bond acceptors (Lipinski definition) is 6. The zero-order valence-electron chi connectivity index (χ0n) is 16.0. The molecule has 0 atom stereocenters. The molecule has 3 rings (SSSR count). The molecule has 6 nitrogen and oxygen atoms in total. The Morgan fingerprint density at radius 3 is 2.46 bits per heavy atom. The van der Waals surface area contributed by atoms with E-state index in [4.69, 9.17) is 25.8 Å². The molecule has 8 heteroatoms. The van der Waals surface area contributed by atoms with E-state index in [0.29, 0.717) is 17.5 Å². The number of hydrogen-bond donors (Lipinski definition) is 0. The second-order valence-electron chi connectivity index (χ2n) is 5.97. The van der Waals surface area contributed by atoms with Crippen molar-refractivity contribution in [2.45, 2.75) is 18.7 Å². The van der Waals surface area contributed by atoms with Gasteiger partial charge >= 0.3 is 0 Å². The van der Waals surface area contributed by atoms with Crippen molar-refractivity contribution in [1.82, 2.24) is 14.8 Å². The number of rotatable bonds is 9. The first kappa shape index (κ1) is 20.5. The van der Waals surface area contributed by atoms with Crippen molar-refractivity contribution in [3.8, 4) is 17.2 Å². The highest BCUT2D eigenvalue weighted by molar-refractivity contribution is 7.99. The van der Waals surface area contributed by atoms with Gasteiger partial charge in [-0.15, -0.1) is 10.2 Å². The number of methoxy groups -OCH3 is 2. The van der Waals surface area contributed by atoms with Crippen molar-refractivity contribution >= 4 is 23.4 Å². The van der Waals surface area contributed by atoms with Crippen molar-refractivity contribution in [3.05, 3.63) is 58.9 Å². The largest absolute Gasteiger partial charge is 0.497 e. The summed E-state index contributed by atoms with van der Waals surface area (Å²) in [5.74, 6) is 2.97. The van der Waals surface area contributed by atoms with Crippen molar-refractivity contribution in [3.63, 3.8) is 0 Å². The minimum atomic E-state index is 0.273. The monoisotopic (exact) mass is 419 g/mol. The summed E-state index contributed by atoms with van der Waals surface area (Å²) in [5, 5.41) is 10.1. The molecule has 1 heterocycles. The molecule has 0 radical (unpaired) electrons. The summed E-state index contributed by atoms with van der Waals surface area (Å²) in [6.45, 7) is 2.87. The number of nitrogens with zero attached hydrogens (tertiary/aromatic N) is 3. The summed E-state index contributed by atoms with van der Waals surface area (Å²) in [6, 6.07) is 13.3. The molecule has 0 aliphatic carbocycles. The summed E-state index contributed by atoms with van der Waals surface area (Å²) in [5.41, 5.74) is 1.91. The van der Waals surface area contributed by atoms with Gasteiger partial charge in [-0.05, 0) is 48.9 Å². The third-order valence-electron chi connectivity index (χ3n) is 4.06. The number of thioether (sulfide) groups is 1. The molecule has 0 aliphatic rings. The fraction of sp³-hybridized carbons (Fsp3) is 0.300. The maximum Gasteiger partial charge on any atom is 0.196 e. The fourth-order valence-electron chi connectivity index (χ4n) is 2.50. The Morgan fingerprint density at radius 1 is 1.04 bits per heavy atom. The molecule has 0 bridgehead atoms. The molecule has 2 aromatic carbocycles. The van der Waals surface area contributed by atoms with Crippen molar-refractivity contribution in [2.24, 2.45) is 0 Å². The van der Waals surface area contributed by atoms with Crippen LogP contribution in [0.25, 0.3) is 5.69 Å². The van der Waals surface area contributed by atoms with Crippen LogP contribution in [-0.2, 0) is 11.3 Å². The minimum absolute atomic E-state index is 0.273. The van der Waals surface area contributed by atoms with Crippen LogP contribution in [0.2, 0.25) is 5.02 Å². The Labute approximate surface area is 173 Å². The normalized spacial score (nSPS) is 10.9. The molecule has 0 aliphatic heterocycles. The summed E-state index contributed by atoms with van der Waals surface area (Å²) < 4.78 is 18.2. The highest BCUT2D eigenvalue weighted by Gasteiger charge is 2.16. The molecular formula is C20H22ClN3O3S. The number of aromatic nitrogens is 3. The predicted molar refractivity (Wildman–Crippen MR) is 111 cm³/mol. The molecule has 0 fully saturated rings. The number of halogens is 1. The van der Waals surface area contributed by atoms with Crippen molar-refractivity contribution in [2.75, 3.05) is 26.6 Å². The average molecular weight is 420 g/mol. The van der Waals surface area contributed by atoms with Crippen LogP contribution in [0, 0.1) is 6.92 Å². The third-order valence-corrected chi connectivity index (χ3v) is 5.36. The quantitative estimate of drug-likeness (QED) is 0.374. The van der Waals surface area contributed by atoms with E-state index in [1.165, 1.54) is 0 Å². The van der Waals surface area contributed by atoms with Gasteiger partial charge in [0.15, 0.2) is 11.0 Å². The second kappa shape index (κ2) is 9.82. The molecule has 28 heavy (non-hydrogen) atoms. The summed E-state index contributed by atoms with van der Waals surface area (Å²) in [6.07, 6.45) is 0. The molecule has 0 amide bonds. The number of ether oxygens (including phenoxy) is 3. The van der Waals surface area contributed by atoms with Crippen LogP contribution in [0.5, 0.6) is 11.5 Å². The van der Waals surface area contributed by atoms with Gasteiger partial charge in [0.25, 0.3) is 0 Å². The van der Waals surface area contributed by atoms with Gasteiger partial charge in [0, 0.05) is 17.9 Å². The Kier molecular flexibility index (Phi) is 7.19. The maximum atomic E-state index is 6.34. The van der Waals surface area contributed by atoms with Gasteiger partial charge in [-0.2, -0.15) is 0 Å². The van der Waals surface area contributed by atoms with E-state index in [1.807, 2.05) is 54.0 Å². The molecular weight excluding hydrogens is 398 g/mol. The lowest BCUT2D eigenvalue weighted by Crippen LogP contribution is -2.07. The Bertz CT molecular complexity index is 916. The minimum Gasteiger partial charge on any atom is -0.497 e. The molecule has 3 aromatic rings. The lowest BCUT2D eigenvalue weighted by Gasteiger charge is -2.12. The smallest absolute Gasteiger partial charge is 0.196 e. The lowest BCUT2D eigenvalue weighted by atomic mass is 10.2. The molecule has 1 aromatic heterocycles. The average Bonchev–Trinajstić information content (AvgIpc) is 3.12. The van der Waals surface area contributed by atoms with E-state index < -0.39 is 0 Å². The lowest BCUT2D eigenvalue weighted by molar-refractivity contribution is 0.218. The first-order valence-corrected chi connectivity index (χ1v) is 10.1. The number of benzene rings is 2. The molecule has 148 valence electrons. The van der Waals surface area contributed by atoms with E-state index in [0.717, 1.165) is 33.7 Å². The van der Waals surface area contributed by atoms with E-state index in [1.54, 1.807) is 26.0 Å². The Balaban J connectivity index is 1.85. The van der Waals surface area contributed by atoms with Crippen LogP contribution in [0.15, 0.2) is 47.6 Å². The van der Waals surface area contributed by atoms with Crippen LogP contribution in [0.1, 0.15) is 11.4 Å². The summed E-state index contributed by atoms with van der Waals surface area (Å²) in [7, 11) is 3.31. The van der Waals surface area contributed by atoms with E-state index in [2.05, 4.69) is 10.2 Å². The molecule has 0 spiro atoms. The highest BCUT2D eigenvalue weighted by atomic mass is 35.5. The Hall–Kier alpha value is -2.22. The molecule has 0 saturated heterocycles. The standard InChI is InChI=1S/C20H22ClN3O3S/c1-14-4-5-15(12-18(14)21)24-19(22-23-20(24)28-11-10-25-2)13-27-17-8-6-16(26-3)7-9-17/h4-9,12H,10-11,13H2,1-3H3. The van der Waals surface area contributed by atoms with Gasteiger partial charge in [-0.25, -0.2) is 0 Å². The van der Waals surface area contributed by atoms with Gasteiger partial charge in [-0.1, -0.05) is 29.4 Å². The van der Waals surface area contributed by atoms with Gasteiger partial charge in [0.05, 0.1) is 19.4 Å². The first-order chi connectivity index (χ1) is 13.6. The maximum absolute atomic E-state index is 6.34. The van der Waals surface area contributed by atoms with Crippen LogP contribution >= 0.6 is 23.4 Å². The molecule has 0 N–H and O–H groups in total. The van der Waals surface area contributed by atoms with E-state index in [-0.39, 0.29) is 6.61 Å². The van der Waals surface area contributed by atoms with Crippen LogP contribution in [0.3, 0.4) is 0 Å². The van der Waals surface area contributed by atoms with E-state index in [9.17, 15) is 0 Å². The predicted octanol–water partition coefficient (Wildman–Crippen LogP) is 4.56. The van der Waals surface area contributed by atoms with E-state index >= 15 is 0 Å². The molecule has 0 unspecified atom stereocenters. The van der Waals surface area contributed by atoms with Gasteiger partial charge in [0.1, 0.15) is 18.1 Å². The first-order valence-electron chi connectivity index (χ1n) is 8.71. The summed E-state index contributed by atoms with van der Waals surface area (Å²) >= 11 is 7.91. The fourth-order valence-corrected chi connectivity index (χ4v) is 3.55. The Morgan fingerprint density at radius 2 is 1.79 bits per heavy atom. The van der Waals surface area contributed by atoms with Crippen molar-refractivity contribution in [1.29, 1.82) is 0 Å². The van der Waals surface area contributed by atoms with Crippen LogP contribution < -0.4 is 9.47 Å². The zero-order valence-corrected chi connectivity index (χ0v) is 17.6. The topological polar surface area (TPSA) is 58.4 Å². The van der Waals surface area contributed by atoms with Crippen molar-refractivity contribution < 1.29 is 14.2 Å². The van der Waals surface area contributed by atoms with Crippen LogP contribution in [0.4, 0.5) is 0 Å². The van der Waals surface area contributed by atoms with Gasteiger partial charge < -0.3 is 14.2 Å². The number of aryl methyl sites for hydroxylation is 1. The zero-order chi connectivity index (χ0) is 19.9. The second-order valence-corrected chi connectivity index (χ2v) is 7.44. The van der Waals surface area contributed by atoms with Gasteiger partial charge in [-0.3, -0.25) is 4.57 Å². The summed E-state index contributed by atoms with van der Waals surface area (Å²) in [4.78, 5) is 0. The van der Waals surface area contributed by atoms with Crippen LogP contribution in [-0.4, -0.2) is 41.3 Å².